The van der Waals surface area contributed by atoms with Crippen molar-refractivity contribution in [3.8, 4) is 0 Å². The van der Waals surface area contributed by atoms with Crippen LogP contribution in [-0.4, -0.2) is 32.8 Å². The van der Waals surface area contributed by atoms with Gasteiger partial charge in [0.25, 0.3) is 11.4 Å². The van der Waals surface area contributed by atoms with Gasteiger partial charge in [0.1, 0.15) is 0 Å². The molecule has 2 aromatic carbocycles. The highest BCUT2D eigenvalue weighted by molar-refractivity contribution is 7.80. The van der Waals surface area contributed by atoms with Gasteiger partial charge >= 0.3 is 6.03 Å². The minimum Gasteiger partial charge on any atom is -0.354 e. The molecule has 168 valence electrons. The third kappa shape index (κ3) is 3.51. The Morgan fingerprint density at radius 1 is 0.727 bits per heavy atom. The maximum atomic E-state index is 13.3. The molecule has 1 spiro atoms. The number of nitrogens with zero attached hydrogens (tertiary/aromatic N) is 2. The van der Waals surface area contributed by atoms with Crippen LogP contribution in [0.25, 0.3) is 0 Å². The Hall–Kier alpha value is -4.46. The second-order valence-electron chi connectivity index (χ2n) is 7.29. The lowest BCUT2D eigenvalue weighted by Crippen LogP contribution is -2.73. The molecule has 2 saturated heterocycles. The first-order chi connectivity index (χ1) is 15.6. The second kappa shape index (κ2) is 7.90. The summed E-state index contributed by atoms with van der Waals surface area (Å²) in [6, 6.07) is 7.03. The molecule has 2 fully saturated rings. The number of thiocarbonyl (C=S) groups is 1. The standard InChI is InChI=1S/C19H14N6O7S/c26-15-19(16(27)23-17(28)22-15)13(9-1-5-11(6-2-9)24(29)30)20-18(33)21-14(19)10-3-7-12(8-4-10)25(31)32/h1-8,13-14H,(H2,20,21,33)(H2,22,23,26,27,28)/t13-,14-/m0/s1. The van der Waals surface area contributed by atoms with Gasteiger partial charge in [-0.1, -0.05) is 24.3 Å². The molecular formula is C19H14N6O7S. The van der Waals surface area contributed by atoms with E-state index >= 15 is 0 Å². The number of imide groups is 2. The molecule has 0 unspecified atom stereocenters. The monoisotopic (exact) mass is 470 g/mol. The van der Waals surface area contributed by atoms with Gasteiger partial charge in [0.2, 0.25) is 11.8 Å². The molecular weight excluding hydrogens is 456 g/mol. The highest BCUT2D eigenvalue weighted by Crippen LogP contribution is 2.48. The van der Waals surface area contributed by atoms with Crippen LogP contribution in [-0.2, 0) is 9.59 Å². The van der Waals surface area contributed by atoms with Gasteiger partial charge in [0.05, 0.1) is 21.9 Å². The van der Waals surface area contributed by atoms with Crippen molar-refractivity contribution in [1.29, 1.82) is 0 Å². The number of carbonyl (C=O) groups is 3. The normalized spacial score (nSPS) is 21.5. The van der Waals surface area contributed by atoms with Gasteiger partial charge in [-0.05, 0) is 23.3 Å². The van der Waals surface area contributed by atoms with E-state index in [2.05, 4.69) is 21.3 Å². The fourth-order valence-corrected chi connectivity index (χ4v) is 4.28. The molecule has 2 heterocycles. The number of nitro benzene ring substituents is 2. The van der Waals surface area contributed by atoms with E-state index in [1.807, 2.05) is 0 Å². The van der Waals surface area contributed by atoms with Gasteiger partial charge in [0.15, 0.2) is 10.5 Å². The molecule has 4 N–H and O–H groups in total. The lowest BCUT2D eigenvalue weighted by Gasteiger charge is -2.49. The highest BCUT2D eigenvalue weighted by atomic mass is 32.1. The highest BCUT2D eigenvalue weighted by Gasteiger charge is 2.63. The van der Waals surface area contributed by atoms with E-state index in [1.165, 1.54) is 48.5 Å². The molecule has 2 atom stereocenters. The number of rotatable bonds is 4. The zero-order valence-corrected chi connectivity index (χ0v) is 17.3. The molecule has 4 rings (SSSR count). The van der Waals surface area contributed by atoms with Crippen molar-refractivity contribution in [3.05, 3.63) is 79.9 Å². The van der Waals surface area contributed by atoms with E-state index in [0.717, 1.165) is 0 Å². The average Bonchev–Trinajstić information content (AvgIpc) is 2.77. The predicted octanol–water partition coefficient (Wildman–Crippen LogP) is 1.12. The SMILES string of the molecule is O=C1NC(=O)C2(C(=O)N1)[C@H](c1ccc([N+](=O)[O-])cc1)NC(=S)N[C@H]2c1ccc([N+](=O)[O-])cc1. The summed E-state index contributed by atoms with van der Waals surface area (Å²) < 4.78 is 0. The summed E-state index contributed by atoms with van der Waals surface area (Å²) in [7, 11) is 0. The predicted molar refractivity (Wildman–Crippen MR) is 115 cm³/mol. The second-order valence-corrected chi connectivity index (χ2v) is 7.70. The summed E-state index contributed by atoms with van der Waals surface area (Å²) in [5.41, 5.74) is -1.80. The number of nitro groups is 2. The van der Waals surface area contributed by atoms with Crippen molar-refractivity contribution in [2.24, 2.45) is 5.41 Å². The third-order valence-electron chi connectivity index (χ3n) is 5.54. The Bertz CT molecular complexity index is 1120. The Balaban J connectivity index is 1.89. The molecule has 0 bridgehead atoms. The lowest BCUT2D eigenvalue weighted by molar-refractivity contribution is -0.385. The van der Waals surface area contributed by atoms with Crippen LogP contribution in [0.1, 0.15) is 23.2 Å². The summed E-state index contributed by atoms with van der Waals surface area (Å²) in [5.74, 6) is -1.88. The fraction of sp³-hybridized carbons (Fsp3) is 0.158. The van der Waals surface area contributed by atoms with Gasteiger partial charge in [-0.15, -0.1) is 0 Å². The van der Waals surface area contributed by atoms with Gasteiger partial charge in [0, 0.05) is 24.3 Å². The summed E-state index contributed by atoms with van der Waals surface area (Å²) in [6.45, 7) is 0. The lowest BCUT2D eigenvalue weighted by atomic mass is 9.65. The zero-order valence-electron chi connectivity index (χ0n) is 16.4. The van der Waals surface area contributed by atoms with Crippen molar-refractivity contribution in [2.75, 3.05) is 0 Å². The van der Waals surface area contributed by atoms with Crippen LogP contribution in [0.4, 0.5) is 16.2 Å². The molecule has 0 saturated carbocycles. The number of carbonyl (C=O) groups excluding carboxylic acids is 3. The number of hydrogen-bond acceptors (Lipinski definition) is 8. The van der Waals surface area contributed by atoms with Crippen LogP contribution in [0.15, 0.2) is 48.5 Å². The first kappa shape index (κ1) is 21.8. The van der Waals surface area contributed by atoms with Gasteiger partial charge in [-0.25, -0.2) is 4.79 Å². The molecule has 13 nitrogen and oxygen atoms in total. The Kier molecular flexibility index (Phi) is 5.21. The number of nitrogens with one attached hydrogen (secondary N) is 4. The topological polar surface area (TPSA) is 186 Å². The summed E-state index contributed by atoms with van der Waals surface area (Å²) in [4.78, 5) is 59.3. The maximum absolute atomic E-state index is 13.3. The molecule has 14 heteroatoms. The van der Waals surface area contributed by atoms with E-state index in [-0.39, 0.29) is 16.5 Å². The number of benzene rings is 2. The van der Waals surface area contributed by atoms with Crippen LogP contribution in [0.2, 0.25) is 0 Å². The Morgan fingerprint density at radius 2 is 1.09 bits per heavy atom. The quantitative estimate of drug-likeness (QED) is 0.218. The Morgan fingerprint density at radius 3 is 1.42 bits per heavy atom. The molecule has 33 heavy (non-hydrogen) atoms. The third-order valence-corrected chi connectivity index (χ3v) is 5.78. The van der Waals surface area contributed by atoms with Crippen LogP contribution in [0, 0.1) is 25.6 Å². The van der Waals surface area contributed by atoms with Crippen LogP contribution in [0.5, 0.6) is 0 Å². The molecule has 0 aromatic heterocycles. The van der Waals surface area contributed by atoms with E-state index < -0.39 is 45.2 Å². The van der Waals surface area contributed by atoms with Crippen LogP contribution in [0.3, 0.4) is 0 Å². The summed E-state index contributed by atoms with van der Waals surface area (Å²) >= 11 is 5.28. The van der Waals surface area contributed by atoms with Gasteiger partial charge < -0.3 is 10.6 Å². The number of barbiturate groups is 1. The first-order valence-corrected chi connectivity index (χ1v) is 9.78. The number of amides is 4. The Labute approximate surface area is 189 Å². The van der Waals surface area contributed by atoms with Gasteiger partial charge in [-0.3, -0.25) is 40.5 Å². The van der Waals surface area contributed by atoms with Crippen molar-refractivity contribution in [1.82, 2.24) is 21.3 Å². The van der Waals surface area contributed by atoms with Crippen molar-refractivity contribution in [2.45, 2.75) is 12.1 Å². The van der Waals surface area contributed by atoms with Crippen molar-refractivity contribution in [3.63, 3.8) is 0 Å². The van der Waals surface area contributed by atoms with Crippen LogP contribution < -0.4 is 21.3 Å². The smallest absolute Gasteiger partial charge is 0.328 e. The number of urea groups is 1. The minimum absolute atomic E-state index is 0.0600. The van der Waals surface area contributed by atoms with Crippen molar-refractivity contribution >= 4 is 46.6 Å². The minimum atomic E-state index is -2.03. The van der Waals surface area contributed by atoms with Crippen LogP contribution >= 0.6 is 12.2 Å². The first-order valence-electron chi connectivity index (χ1n) is 9.37. The van der Waals surface area contributed by atoms with Gasteiger partial charge in [-0.2, -0.15) is 0 Å². The van der Waals surface area contributed by atoms with E-state index in [1.54, 1.807) is 0 Å². The molecule has 4 amide bonds. The summed E-state index contributed by atoms with van der Waals surface area (Å²) in [5, 5.41) is 32.0. The molecule has 2 aliphatic heterocycles. The van der Waals surface area contributed by atoms with E-state index in [9.17, 15) is 34.6 Å². The van der Waals surface area contributed by atoms with E-state index in [4.69, 9.17) is 12.2 Å². The van der Waals surface area contributed by atoms with E-state index in [0.29, 0.717) is 11.1 Å². The molecule has 2 aliphatic rings. The average molecular weight is 470 g/mol. The fourth-order valence-electron chi connectivity index (χ4n) is 4.04. The zero-order chi connectivity index (χ0) is 23.9. The number of non-ortho nitro benzene ring substituents is 2. The molecule has 0 radical (unpaired) electrons. The molecule has 0 aliphatic carbocycles. The van der Waals surface area contributed by atoms with Crippen molar-refractivity contribution < 1.29 is 24.2 Å². The molecule has 2 aromatic rings. The summed E-state index contributed by atoms with van der Waals surface area (Å²) in [6.07, 6.45) is 0. The number of hydrogen-bond donors (Lipinski definition) is 4. The largest absolute Gasteiger partial charge is 0.354 e. The maximum Gasteiger partial charge on any atom is 0.328 e.